The minimum Gasteiger partial charge on any atom is -0.466 e. The van der Waals surface area contributed by atoms with Crippen molar-refractivity contribution in [3.05, 3.63) is 52.7 Å². The van der Waals surface area contributed by atoms with Crippen LogP contribution in [0.15, 0.2) is 45.6 Å². The third-order valence-corrected chi connectivity index (χ3v) is 3.01. The van der Waals surface area contributed by atoms with Gasteiger partial charge in [-0.05, 0) is 41.1 Å². The van der Waals surface area contributed by atoms with E-state index in [1.54, 1.807) is 12.5 Å². The lowest BCUT2D eigenvalue weighted by Crippen LogP contribution is -2.18. The molecule has 0 spiro atoms. The first kappa shape index (κ1) is 11.4. The smallest absolute Gasteiger partial charge is 0.134 e. The van der Waals surface area contributed by atoms with Crippen LogP contribution in [0.25, 0.3) is 0 Å². The summed E-state index contributed by atoms with van der Waals surface area (Å²) < 4.78 is 6.38. The lowest BCUT2D eigenvalue weighted by molar-refractivity contribution is 0.426. The summed E-state index contributed by atoms with van der Waals surface area (Å²) in [5, 5.41) is 3.36. The number of halogens is 1. The molecule has 0 aromatic carbocycles. The van der Waals surface area contributed by atoms with E-state index in [-0.39, 0.29) is 6.04 Å². The highest BCUT2D eigenvalue weighted by Crippen LogP contribution is 2.24. The van der Waals surface area contributed by atoms with Gasteiger partial charge in [0.15, 0.2) is 0 Å². The minimum atomic E-state index is 0.159. The van der Waals surface area contributed by atoms with Gasteiger partial charge in [0.2, 0.25) is 0 Å². The molecule has 0 saturated carbocycles. The Morgan fingerprint density at radius 1 is 1.44 bits per heavy atom. The van der Waals surface area contributed by atoms with Crippen molar-refractivity contribution in [3.8, 4) is 0 Å². The van der Waals surface area contributed by atoms with E-state index in [0.29, 0.717) is 0 Å². The number of rotatable bonds is 4. The Morgan fingerprint density at radius 3 is 2.94 bits per heavy atom. The summed E-state index contributed by atoms with van der Waals surface area (Å²) in [5.41, 5.74) is 1.03. The molecule has 0 fully saturated rings. The fourth-order valence-corrected chi connectivity index (χ4v) is 2.01. The Balaban J connectivity index is 1.94. The van der Waals surface area contributed by atoms with Gasteiger partial charge >= 0.3 is 0 Å². The summed E-state index contributed by atoms with van der Waals surface area (Å²) in [6.07, 6.45) is 3.48. The molecule has 0 aliphatic heterocycles. The first-order valence-electron chi connectivity index (χ1n) is 5.13. The van der Waals surface area contributed by atoms with Crippen molar-refractivity contribution >= 4 is 15.9 Å². The number of aromatic nitrogens is 1. The molecule has 0 saturated heterocycles. The summed E-state index contributed by atoms with van der Waals surface area (Å²) in [7, 11) is 0. The quantitative estimate of drug-likeness (QED) is 0.934. The zero-order valence-corrected chi connectivity index (χ0v) is 10.6. The number of pyridine rings is 1. The summed E-state index contributed by atoms with van der Waals surface area (Å²) in [5.74, 6) is 0.913. The van der Waals surface area contributed by atoms with Crippen molar-refractivity contribution in [2.45, 2.75) is 19.5 Å². The second-order valence-corrected chi connectivity index (χ2v) is 4.41. The largest absolute Gasteiger partial charge is 0.466 e. The molecule has 2 aromatic rings. The molecule has 1 N–H and O–H groups in total. The summed E-state index contributed by atoms with van der Waals surface area (Å²) in [6, 6.07) is 7.95. The van der Waals surface area contributed by atoms with Crippen LogP contribution >= 0.6 is 15.9 Å². The predicted molar refractivity (Wildman–Crippen MR) is 65.9 cm³/mol. The molecule has 0 amide bonds. The lowest BCUT2D eigenvalue weighted by atomic mass is 10.2. The van der Waals surface area contributed by atoms with Crippen LogP contribution in [0, 0.1) is 0 Å². The van der Waals surface area contributed by atoms with E-state index >= 15 is 0 Å². The molecule has 16 heavy (non-hydrogen) atoms. The molecule has 0 radical (unpaired) electrons. The molecule has 0 aliphatic carbocycles. The normalized spacial score (nSPS) is 12.6. The van der Waals surface area contributed by atoms with Crippen LogP contribution in [0.1, 0.15) is 24.4 Å². The van der Waals surface area contributed by atoms with Gasteiger partial charge in [0.25, 0.3) is 0 Å². The molecule has 2 aromatic heterocycles. The monoisotopic (exact) mass is 280 g/mol. The Morgan fingerprint density at radius 2 is 2.31 bits per heavy atom. The maximum Gasteiger partial charge on any atom is 0.134 e. The summed E-state index contributed by atoms with van der Waals surface area (Å²) in [6.45, 7) is 2.79. The van der Waals surface area contributed by atoms with Crippen LogP contribution < -0.4 is 5.32 Å². The number of hydrogen-bond acceptors (Lipinski definition) is 3. The molecule has 1 unspecified atom stereocenters. The van der Waals surface area contributed by atoms with E-state index < -0.39 is 0 Å². The topological polar surface area (TPSA) is 38.1 Å². The van der Waals surface area contributed by atoms with Gasteiger partial charge in [-0.25, -0.2) is 0 Å². The molecular weight excluding hydrogens is 268 g/mol. The number of furan rings is 1. The van der Waals surface area contributed by atoms with Gasteiger partial charge in [0, 0.05) is 12.7 Å². The second kappa shape index (κ2) is 5.27. The Hall–Kier alpha value is -1.13. The van der Waals surface area contributed by atoms with Crippen molar-refractivity contribution < 1.29 is 4.42 Å². The molecule has 0 bridgehead atoms. The van der Waals surface area contributed by atoms with Crippen LogP contribution in [0.4, 0.5) is 0 Å². The van der Waals surface area contributed by atoms with Gasteiger partial charge in [-0.1, -0.05) is 6.07 Å². The highest BCUT2D eigenvalue weighted by Gasteiger charge is 2.11. The number of nitrogens with one attached hydrogen (secondary N) is 1. The van der Waals surface area contributed by atoms with Gasteiger partial charge in [-0.15, -0.1) is 0 Å². The number of hydrogen-bond donors (Lipinski definition) is 1. The average molecular weight is 281 g/mol. The van der Waals surface area contributed by atoms with E-state index in [9.17, 15) is 0 Å². The standard InChI is InChI=1S/C12H13BrN2O/c1-9(12-11(13)5-7-16-12)15-8-10-4-2-3-6-14-10/h2-7,9,15H,8H2,1H3. The summed E-state index contributed by atoms with van der Waals surface area (Å²) >= 11 is 3.44. The molecule has 0 aliphatic rings. The average Bonchev–Trinajstić information content (AvgIpc) is 2.74. The van der Waals surface area contributed by atoms with E-state index in [2.05, 4.69) is 33.2 Å². The van der Waals surface area contributed by atoms with Crippen LogP contribution in [0.5, 0.6) is 0 Å². The maximum absolute atomic E-state index is 5.38. The summed E-state index contributed by atoms with van der Waals surface area (Å²) in [4.78, 5) is 4.25. The molecule has 4 heteroatoms. The zero-order valence-electron chi connectivity index (χ0n) is 8.98. The Bertz CT molecular complexity index is 441. The van der Waals surface area contributed by atoms with E-state index in [1.165, 1.54) is 0 Å². The van der Waals surface area contributed by atoms with Crippen molar-refractivity contribution in [1.29, 1.82) is 0 Å². The van der Waals surface area contributed by atoms with Gasteiger partial charge in [0.1, 0.15) is 5.76 Å². The molecule has 1 atom stereocenters. The highest BCUT2D eigenvalue weighted by molar-refractivity contribution is 9.10. The number of nitrogens with zero attached hydrogens (tertiary/aromatic N) is 1. The Kier molecular flexibility index (Phi) is 3.74. The molecule has 84 valence electrons. The Labute approximate surface area is 103 Å². The SMILES string of the molecule is CC(NCc1ccccn1)c1occc1Br. The van der Waals surface area contributed by atoms with Crippen molar-refractivity contribution in [3.63, 3.8) is 0 Å². The molecular formula is C12H13BrN2O. The van der Waals surface area contributed by atoms with E-state index in [4.69, 9.17) is 4.42 Å². The van der Waals surface area contributed by atoms with E-state index in [0.717, 1.165) is 22.5 Å². The predicted octanol–water partition coefficient (Wildman–Crippen LogP) is 3.29. The molecule has 3 nitrogen and oxygen atoms in total. The highest BCUT2D eigenvalue weighted by atomic mass is 79.9. The van der Waals surface area contributed by atoms with Crippen LogP contribution in [0.2, 0.25) is 0 Å². The minimum absolute atomic E-state index is 0.159. The van der Waals surface area contributed by atoms with Gasteiger partial charge in [0.05, 0.1) is 22.5 Å². The van der Waals surface area contributed by atoms with E-state index in [1.807, 2.05) is 24.3 Å². The van der Waals surface area contributed by atoms with Gasteiger partial charge in [-0.2, -0.15) is 0 Å². The second-order valence-electron chi connectivity index (χ2n) is 3.56. The van der Waals surface area contributed by atoms with Gasteiger partial charge < -0.3 is 9.73 Å². The first-order valence-corrected chi connectivity index (χ1v) is 5.93. The third-order valence-electron chi connectivity index (χ3n) is 2.35. The van der Waals surface area contributed by atoms with Gasteiger partial charge in [-0.3, -0.25) is 4.98 Å². The van der Waals surface area contributed by atoms with Crippen molar-refractivity contribution in [1.82, 2.24) is 10.3 Å². The van der Waals surface area contributed by atoms with Crippen LogP contribution in [0.3, 0.4) is 0 Å². The first-order chi connectivity index (χ1) is 7.77. The molecule has 2 heterocycles. The molecule has 2 rings (SSSR count). The van der Waals surface area contributed by atoms with Crippen LogP contribution in [-0.4, -0.2) is 4.98 Å². The van der Waals surface area contributed by atoms with Crippen LogP contribution in [-0.2, 0) is 6.54 Å². The third kappa shape index (κ3) is 2.71. The lowest BCUT2D eigenvalue weighted by Gasteiger charge is -2.11. The zero-order chi connectivity index (χ0) is 11.4. The fourth-order valence-electron chi connectivity index (χ4n) is 1.47. The fraction of sp³-hybridized carbons (Fsp3) is 0.250. The van der Waals surface area contributed by atoms with Crippen molar-refractivity contribution in [2.75, 3.05) is 0 Å². The van der Waals surface area contributed by atoms with Crippen molar-refractivity contribution in [2.24, 2.45) is 0 Å². The maximum atomic E-state index is 5.38.